The molecule has 0 aliphatic heterocycles. The number of aliphatic hydroxyl groups is 1. The van der Waals surface area contributed by atoms with Gasteiger partial charge < -0.3 is 15.2 Å². The largest absolute Gasteiger partial charge is 0.444 e. The van der Waals surface area contributed by atoms with Gasteiger partial charge >= 0.3 is 6.09 Å². The van der Waals surface area contributed by atoms with Gasteiger partial charge in [0.1, 0.15) is 5.60 Å². The second-order valence-electron chi connectivity index (χ2n) is 5.48. The van der Waals surface area contributed by atoms with Crippen LogP contribution in [0.25, 0.3) is 0 Å². The number of amides is 1. The van der Waals surface area contributed by atoms with Crippen molar-refractivity contribution in [2.75, 3.05) is 6.61 Å². The molecule has 0 heterocycles. The van der Waals surface area contributed by atoms with Crippen molar-refractivity contribution >= 4 is 6.09 Å². The number of nitrogens with one attached hydrogen (secondary N) is 1. The number of carbonyl (C=O) groups is 1. The van der Waals surface area contributed by atoms with Crippen molar-refractivity contribution in [3.05, 3.63) is 35.4 Å². The number of alkyl carbamates (subject to hydrolysis) is 1. The predicted octanol–water partition coefficient (Wildman–Crippen LogP) is 2.39. The lowest BCUT2D eigenvalue weighted by atomic mass is 10.1. The van der Waals surface area contributed by atoms with E-state index in [-0.39, 0.29) is 13.0 Å². The molecule has 0 spiro atoms. The molecule has 0 aromatic heterocycles. The molecule has 1 rings (SSSR count). The van der Waals surface area contributed by atoms with E-state index in [1.807, 2.05) is 0 Å². The Balaban J connectivity index is 2.63. The topological polar surface area (TPSA) is 58.6 Å². The van der Waals surface area contributed by atoms with E-state index >= 15 is 0 Å². The summed E-state index contributed by atoms with van der Waals surface area (Å²) >= 11 is 0. The third kappa shape index (κ3) is 5.52. The lowest BCUT2D eigenvalue weighted by Gasteiger charge is -2.22. The van der Waals surface area contributed by atoms with Crippen LogP contribution in [-0.2, 0) is 11.2 Å². The first kappa shape index (κ1) is 16.4. The first-order valence-corrected chi connectivity index (χ1v) is 6.25. The zero-order valence-electron chi connectivity index (χ0n) is 11.7. The van der Waals surface area contributed by atoms with Crippen molar-refractivity contribution in [1.29, 1.82) is 0 Å². The molecule has 0 unspecified atom stereocenters. The van der Waals surface area contributed by atoms with Crippen molar-refractivity contribution in [1.82, 2.24) is 5.32 Å². The summed E-state index contributed by atoms with van der Waals surface area (Å²) in [6.07, 6.45) is -0.494. The second-order valence-corrected chi connectivity index (χ2v) is 5.48. The minimum atomic E-state index is -0.962. The summed E-state index contributed by atoms with van der Waals surface area (Å²) in [5.41, 5.74) is -0.175. The third-order valence-corrected chi connectivity index (χ3v) is 2.41. The molecule has 0 aliphatic carbocycles. The summed E-state index contributed by atoms with van der Waals surface area (Å²) in [5.74, 6) is -1.90. The lowest BCUT2D eigenvalue weighted by molar-refractivity contribution is 0.0483. The summed E-state index contributed by atoms with van der Waals surface area (Å²) in [6.45, 7) is 4.82. The highest BCUT2D eigenvalue weighted by Gasteiger charge is 2.19. The summed E-state index contributed by atoms with van der Waals surface area (Å²) in [5, 5.41) is 11.7. The van der Waals surface area contributed by atoms with E-state index in [9.17, 15) is 18.7 Å². The van der Waals surface area contributed by atoms with Gasteiger partial charge in [-0.2, -0.15) is 0 Å². The fourth-order valence-corrected chi connectivity index (χ4v) is 1.59. The fraction of sp³-hybridized carbons (Fsp3) is 0.500. The monoisotopic (exact) mass is 287 g/mol. The number of aliphatic hydroxyl groups excluding tert-OH is 1. The number of hydrogen-bond donors (Lipinski definition) is 2. The minimum absolute atomic E-state index is 0.174. The Labute approximate surface area is 116 Å². The molecule has 4 nitrogen and oxygen atoms in total. The minimum Gasteiger partial charge on any atom is -0.444 e. The zero-order valence-corrected chi connectivity index (χ0v) is 11.7. The molecule has 6 heteroatoms. The van der Waals surface area contributed by atoms with Crippen LogP contribution in [-0.4, -0.2) is 29.4 Å². The van der Waals surface area contributed by atoms with Gasteiger partial charge in [-0.3, -0.25) is 0 Å². The molecular formula is C14H19F2NO3. The number of hydrogen-bond acceptors (Lipinski definition) is 3. The van der Waals surface area contributed by atoms with Crippen molar-refractivity contribution in [2.45, 2.75) is 38.8 Å². The molecule has 1 aromatic carbocycles. The van der Waals surface area contributed by atoms with E-state index in [0.29, 0.717) is 5.56 Å². The Morgan fingerprint density at radius 2 is 2.00 bits per heavy atom. The highest BCUT2D eigenvalue weighted by molar-refractivity contribution is 5.68. The quantitative estimate of drug-likeness (QED) is 0.894. The Bertz CT molecular complexity index is 472. The van der Waals surface area contributed by atoms with Crippen LogP contribution >= 0.6 is 0 Å². The predicted molar refractivity (Wildman–Crippen MR) is 70.3 cm³/mol. The smallest absolute Gasteiger partial charge is 0.407 e. The number of rotatable bonds is 4. The van der Waals surface area contributed by atoms with E-state index in [2.05, 4.69) is 5.32 Å². The van der Waals surface area contributed by atoms with E-state index in [1.54, 1.807) is 20.8 Å². The Kier molecular flexibility index (Phi) is 5.44. The van der Waals surface area contributed by atoms with Gasteiger partial charge in [-0.25, -0.2) is 13.6 Å². The lowest BCUT2D eigenvalue weighted by Crippen LogP contribution is -2.42. The first-order chi connectivity index (χ1) is 9.21. The average Bonchev–Trinajstić information content (AvgIpc) is 2.30. The van der Waals surface area contributed by atoms with Crippen molar-refractivity contribution in [3.8, 4) is 0 Å². The van der Waals surface area contributed by atoms with Crippen molar-refractivity contribution in [3.63, 3.8) is 0 Å². The molecule has 0 saturated carbocycles. The normalized spacial score (nSPS) is 12.9. The molecule has 2 N–H and O–H groups in total. The molecule has 0 aliphatic rings. The average molecular weight is 287 g/mol. The molecule has 0 radical (unpaired) electrons. The van der Waals surface area contributed by atoms with Crippen LogP contribution < -0.4 is 5.32 Å². The molecule has 1 atom stereocenters. The van der Waals surface area contributed by atoms with Gasteiger partial charge in [-0.15, -0.1) is 0 Å². The number of ether oxygens (including phenoxy) is 1. The van der Waals surface area contributed by atoms with Crippen LogP contribution in [0.1, 0.15) is 26.3 Å². The third-order valence-electron chi connectivity index (χ3n) is 2.41. The van der Waals surface area contributed by atoms with E-state index < -0.39 is 29.4 Å². The van der Waals surface area contributed by atoms with Gasteiger partial charge in [-0.1, -0.05) is 6.07 Å². The highest BCUT2D eigenvalue weighted by Crippen LogP contribution is 2.11. The van der Waals surface area contributed by atoms with Gasteiger partial charge in [0.25, 0.3) is 0 Å². The molecule has 1 amide bonds. The van der Waals surface area contributed by atoms with Gasteiger partial charge in [0.05, 0.1) is 12.6 Å². The Morgan fingerprint density at radius 3 is 2.50 bits per heavy atom. The second kappa shape index (κ2) is 6.65. The van der Waals surface area contributed by atoms with Gasteiger partial charge in [0.2, 0.25) is 0 Å². The molecule has 112 valence electrons. The summed E-state index contributed by atoms with van der Waals surface area (Å²) in [4.78, 5) is 11.6. The fourth-order valence-electron chi connectivity index (χ4n) is 1.59. The maximum absolute atomic E-state index is 13.1. The molecule has 0 saturated heterocycles. The first-order valence-electron chi connectivity index (χ1n) is 6.25. The summed E-state index contributed by atoms with van der Waals surface area (Å²) < 4.78 is 30.9. The zero-order chi connectivity index (χ0) is 15.3. The number of carbonyl (C=O) groups excluding carboxylic acids is 1. The maximum atomic E-state index is 13.1. The van der Waals surface area contributed by atoms with Crippen molar-refractivity contribution in [2.24, 2.45) is 0 Å². The van der Waals surface area contributed by atoms with Crippen LogP contribution in [0.3, 0.4) is 0 Å². The molecule has 0 bridgehead atoms. The van der Waals surface area contributed by atoms with Crippen LogP contribution in [0, 0.1) is 11.6 Å². The summed E-state index contributed by atoms with van der Waals surface area (Å²) in [6, 6.07) is 2.81. The van der Waals surface area contributed by atoms with E-state index in [1.165, 1.54) is 6.07 Å². The number of benzene rings is 1. The Hall–Kier alpha value is -1.69. The molecule has 1 aromatic rings. The standard InChI is InChI=1S/C14H19F2NO3/c1-14(2,3)20-13(19)17-10(8-18)6-9-4-5-11(15)12(16)7-9/h4-5,7,10,18H,6,8H2,1-3H3,(H,17,19)/t10-/m0/s1. The van der Waals surface area contributed by atoms with Crippen LogP contribution in [0.2, 0.25) is 0 Å². The number of halogens is 2. The molecule has 0 fully saturated rings. The van der Waals surface area contributed by atoms with Gasteiger partial charge in [0.15, 0.2) is 11.6 Å². The van der Waals surface area contributed by atoms with Crippen LogP contribution in [0.15, 0.2) is 18.2 Å². The molecule has 20 heavy (non-hydrogen) atoms. The highest BCUT2D eigenvalue weighted by atomic mass is 19.2. The Morgan fingerprint density at radius 1 is 1.35 bits per heavy atom. The maximum Gasteiger partial charge on any atom is 0.407 e. The molecular weight excluding hydrogens is 268 g/mol. The summed E-state index contributed by atoms with van der Waals surface area (Å²) in [7, 11) is 0. The van der Waals surface area contributed by atoms with E-state index in [4.69, 9.17) is 4.74 Å². The van der Waals surface area contributed by atoms with Gasteiger partial charge in [-0.05, 0) is 44.9 Å². The SMILES string of the molecule is CC(C)(C)OC(=O)N[C@H](CO)Cc1ccc(F)c(F)c1. The van der Waals surface area contributed by atoms with Crippen LogP contribution in [0.5, 0.6) is 0 Å². The van der Waals surface area contributed by atoms with E-state index in [0.717, 1.165) is 12.1 Å². The van der Waals surface area contributed by atoms with Crippen LogP contribution in [0.4, 0.5) is 13.6 Å². The van der Waals surface area contributed by atoms with Crippen molar-refractivity contribution < 1.29 is 23.4 Å². The van der Waals surface area contributed by atoms with Gasteiger partial charge in [0, 0.05) is 0 Å².